The van der Waals surface area contributed by atoms with Crippen LogP contribution in [0.4, 0.5) is 9.52 Å². The SMILES string of the molecule is O=C(CCSc1ccccc1)N(Cc1ccccc1)c1nc2c(F)cccc2s1. The number of nitrogens with zero attached hydrogens (tertiary/aromatic N) is 2. The number of carbonyl (C=O) groups excluding carboxylic acids is 1. The fourth-order valence-electron chi connectivity index (χ4n) is 2.96. The lowest BCUT2D eigenvalue weighted by molar-refractivity contribution is -0.118. The molecular weight excluding hydrogens is 403 g/mol. The van der Waals surface area contributed by atoms with Crippen LogP contribution in [0.1, 0.15) is 12.0 Å². The predicted octanol–water partition coefficient (Wildman–Crippen LogP) is 6.15. The van der Waals surface area contributed by atoms with Crippen LogP contribution in [-0.4, -0.2) is 16.6 Å². The van der Waals surface area contributed by atoms with E-state index in [-0.39, 0.29) is 11.7 Å². The molecule has 146 valence electrons. The number of fused-ring (bicyclic) bond motifs is 1. The fraction of sp³-hybridized carbons (Fsp3) is 0.130. The lowest BCUT2D eigenvalue weighted by Crippen LogP contribution is -2.30. The molecule has 0 spiro atoms. The van der Waals surface area contributed by atoms with Gasteiger partial charge >= 0.3 is 0 Å². The van der Waals surface area contributed by atoms with Crippen molar-refractivity contribution in [1.29, 1.82) is 0 Å². The first-order valence-corrected chi connectivity index (χ1v) is 11.1. The molecule has 0 N–H and O–H groups in total. The quantitative estimate of drug-likeness (QED) is 0.335. The van der Waals surface area contributed by atoms with Crippen molar-refractivity contribution in [1.82, 2.24) is 4.98 Å². The summed E-state index contributed by atoms with van der Waals surface area (Å²) in [4.78, 5) is 20.3. The Bertz CT molecular complexity index is 1100. The van der Waals surface area contributed by atoms with E-state index < -0.39 is 0 Å². The highest BCUT2D eigenvalue weighted by atomic mass is 32.2. The third-order valence-corrected chi connectivity index (χ3v) is 6.46. The number of halogens is 1. The van der Waals surface area contributed by atoms with Gasteiger partial charge in [0.15, 0.2) is 5.13 Å². The van der Waals surface area contributed by atoms with Crippen LogP contribution >= 0.6 is 23.1 Å². The van der Waals surface area contributed by atoms with E-state index in [2.05, 4.69) is 4.98 Å². The van der Waals surface area contributed by atoms with E-state index >= 15 is 0 Å². The van der Waals surface area contributed by atoms with E-state index in [1.165, 1.54) is 17.4 Å². The van der Waals surface area contributed by atoms with E-state index in [0.29, 0.717) is 29.4 Å². The Morgan fingerprint density at radius 1 is 0.966 bits per heavy atom. The maximum Gasteiger partial charge on any atom is 0.229 e. The van der Waals surface area contributed by atoms with Gasteiger partial charge in [0.2, 0.25) is 5.91 Å². The van der Waals surface area contributed by atoms with Gasteiger partial charge in [0.1, 0.15) is 11.3 Å². The molecule has 3 nitrogen and oxygen atoms in total. The van der Waals surface area contributed by atoms with Gasteiger partial charge < -0.3 is 0 Å². The van der Waals surface area contributed by atoms with Crippen molar-refractivity contribution in [3.63, 3.8) is 0 Å². The van der Waals surface area contributed by atoms with Crippen molar-refractivity contribution in [2.24, 2.45) is 0 Å². The molecule has 4 aromatic rings. The molecule has 0 unspecified atom stereocenters. The summed E-state index contributed by atoms with van der Waals surface area (Å²) < 4.78 is 14.9. The van der Waals surface area contributed by atoms with Crippen LogP contribution in [-0.2, 0) is 11.3 Å². The number of hydrogen-bond donors (Lipinski definition) is 0. The zero-order valence-corrected chi connectivity index (χ0v) is 17.3. The monoisotopic (exact) mass is 422 g/mol. The normalized spacial score (nSPS) is 10.9. The third-order valence-electron chi connectivity index (χ3n) is 4.40. The maximum atomic E-state index is 14.1. The number of aromatic nitrogens is 1. The minimum atomic E-state index is -0.364. The summed E-state index contributed by atoms with van der Waals surface area (Å²) in [7, 11) is 0. The number of anilines is 1. The Labute approximate surface area is 177 Å². The summed E-state index contributed by atoms with van der Waals surface area (Å²) in [6.45, 7) is 0.414. The highest BCUT2D eigenvalue weighted by Gasteiger charge is 2.21. The lowest BCUT2D eigenvalue weighted by Gasteiger charge is -2.20. The second-order valence-electron chi connectivity index (χ2n) is 6.46. The average Bonchev–Trinajstić information content (AvgIpc) is 3.19. The van der Waals surface area contributed by atoms with Gasteiger partial charge in [-0.15, -0.1) is 11.8 Å². The number of thiazole rings is 1. The summed E-state index contributed by atoms with van der Waals surface area (Å²) in [6, 6.07) is 24.7. The van der Waals surface area contributed by atoms with Crippen molar-refractivity contribution in [2.45, 2.75) is 17.9 Å². The molecule has 0 aliphatic heterocycles. The Morgan fingerprint density at radius 2 is 1.69 bits per heavy atom. The standard InChI is InChI=1S/C23H19FN2OS2/c24-19-12-7-13-20-22(19)25-23(29-20)26(16-17-8-3-1-4-9-17)21(27)14-15-28-18-10-5-2-6-11-18/h1-13H,14-16H2. The van der Waals surface area contributed by atoms with Crippen LogP contribution < -0.4 is 4.90 Å². The zero-order valence-electron chi connectivity index (χ0n) is 15.6. The molecule has 3 aromatic carbocycles. The van der Waals surface area contributed by atoms with E-state index in [9.17, 15) is 9.18 Å². The second-order valence-corrected chi connectivity index (χ2v) is 8.64. The number of carbonyl (C=O) groups is 1. The van der Waals surface area contributed by atoms with Crippen LogP contribution in [0.2, 0.25) is 0 Å². The van der Waals surface area contributed by atoms with Gasteiger partial charge in [-0.1, -0.05) is 65.9 Å². The Hall–Kier alpha value is -2.70. The Kier molecular flexibility index (Phi) is 6.22. The molecule has 0 atom stereocenters. The van der Waals surface area contributed by atoms with Gasteiger partial charge in [0.25, 0.3) is 0 Å². The molecule has 0 aliphatic rings. The minimum Gasteiger partial charge on any atom is -0.284 e. The smallest absolute Gasteiger partial charge is 0.229 e. The summed E-state index contributed by atoms with van der Waals surface area (Å²) in [5, 5.41) is 0.531. The summed E-state index contributed by atoms with van der Waals surface area (Å²) in [6.07, 6.45) is 0.380. The molecule has 1 heterocycles. The molecule has 0 radical (unpaired) electrons. The summed E-state index contributed by atoms with van der Waals surface area (Å²) in [5.41, 5.74) is 1.33. The molecule has 0 fully saturated rings. The number of rotatable bonds is 7. The molecular formula is C23H19FN2OS2. The van der Waals surface area contributed by atoms with E-state index in [1.807, 2.05) is 66.7 Å². The lowest BCUT2D eigenvalue weighted by atomic mass is 10.2. The number of amides is 1. The minimum absolute atomic E-state index is 0.0169. The maximum absolute atomic E-state index is 14.1. The topological polar surface area (TPSA) is 33.2 Å². The molecule has 4 rings (SSSR count). The average molecular weight is 423 g/mol. The van der Waals surface area contributed by atoms with Gasteiger partial charge in [-0.3, -0.25) is 9.69 Å². The number of thioether (sulfide) groups is 1. The molecule has 6 heteroatoms. The van der Waals surface area contributed by atoms with E-state index in [4.69, 9.17) is 0 Å². The molecule has 0 aliphatic carbocycles. The van der Waals surface area contributed by atoms with Gasteiger partial charge in [-0.2, -0.15) is 0 Å². The second kappa shape index (κ2) is 9.20. The van der Waals surface area contributed by atoms with Gasteiger partial charge in [-0.25, -0.2) is 9.37 Å². The molecule has 29 heavy (non-hydrogen) atoms. The Balaban J connectivity index is 1.55. The number of para-hydroxylation sites is 1. The third kappa shape index (κ3) is 4.83. The van der Waals surface area contributed by atoms with Gasteiger partial charge in [-0.05, 0) is 29.8 Å². The fourth-order valence-corrected chi connectivity index (χ4v) is 4.81. The first kappa shape index (κ1) is 19.6. The van der Waals surface area contributed by atoms with Crippen LogP contribution in [0.5, 0.6) is 0 Å². The largest absolute Gasteiger partial charge is 0.284 e. The van der Waals surface area contributed by atoms with Crippen LogP contribution in [0.3, 0.4) is 0 Å². The van der Waals surface area contributed by atoms with Crippen LogP contribution in [0.25, 0.3) is 10.2 Å². The van der Waals surface area contributed by atoms with Crippen molar-refractivity contribution >= 4 is 44.4 Å². The summed E-state index contributed by atoms with van der Waals surface area (Å²) in [5.74, 6) is 0.293. The van der Waals surface area contributed by atoms with Crippen molar-refractivity contribution in [3.8, 4) is 0 Å². The zero-order chi connectivity index (χ0) is 20.1. The number of hydrogen-bond acceptors (Lipinski definition) is 4. The van der Waals surface area contributed by atoms with E-state index in [0.717, 1.165) is 15.2 Å². The molecule has 0 saturated heterocycles. The van der Waals surface area contributed by atoms with E-state index in [1.54, 1.807) is 22.7 Å². The number of benzene rings is 3. The molecule has 1 amide bonds. The summed E-state index contributed by atoms with van der Waals surface area (Å²) >= 11 is 2.99. The molecule has 0 saturated carbocycles. The predicted molar refractivity (Wildman–Crippen MR) is 119 cm³/mol. The Morgan fingerprint density at radius 3 is 2.41 bits per heavy atom. The van der Waals surface area contributed by atoms with Gasteiger partial charge in [0.05, 0.1) is 11.2 Å². The first-order valence-electron chi connectivity index (χ1n) is 9.28. The highest BCUT2D eigenvalue weighted by molar-refractivity contribution is 7.99. The van der Waals surface area contributed by atoms with Crippen molar-refractivity contribution < 1.29 is 9.18 Å². The van der Waals surface area contributed by atoms with Crippen LogP contribution in [0.15, 0.2) is 83.8 Å². The van der Waals surface area contributed by atoms with Gasteiger partial charge in [0, 0.05) is 17.1 Å². The van der Waals surface area contributed by atoms with Crippen molar-refractivity contribution in [3.05, 3.63) is 90.2 Å². The molecule has 1 aromatic heterocycles. The van der Waals surface area contributed by atoms with Crippen molar-refractivity contribution in [2.75, 3.05) is 10.7 Å². The van der Waals surface area contributed by atoms with Crippen LogP contribution in [0, 0.1) is 5.82 Å². The molecule has 0 bridgehead atoms. The highest BCUT2D eigenvalue weighted by Crippen LogP contribution is 2.32. The first-order chi connectivity index (χ1) is 14.2.